The first-order valence-electron chi connectivity index (χ1n) is 5.33. The smallest absolute Gasteiger partial charge is 0.303 e. The second kappa shape index (κ2) is 5.48. The van der Waals surface area contributed by atoms with Crippen molar-refractivity contribution in [3.05, 3.63) is 16.1 Å². The van der Waals surface area contributed by atoms with Gasteiger partial charge in [-0.25, -0.2) is 4.98 Å². The predicted molar refractivity (Wildman–Crippen MR) is 65.4 cm³/mol. The number of hydrogen-bond acceptors (Lipinski definition) is 2. The molecule has 0 aromatic carbocycles. The van der Waals surface area contributed by atoms with Crippen LogP contribution in [-0.2, 0) is 24.7 Å². The van der Waals surface area contributed by atoms with Gasteiger partial charge in [0.25, 0.3) is 0 Å². The van der Waals surface area contributed by atoms with Gasteiger partial charge in [0, 0.05) is 13.5 Å². The molecule has 0 bridgehead atoms. The van der Waals surface area contributed by atoms with Crippen LogP contribution in [0.15, 0.2) is 4.60 Å². The lowest BCUT2D eigenvalue weighted by Crippen LogP contribution is -2.03. The van der Waals surface area contributed by atoms with Crippen LogP contribution in [0.3, 0.4) is 0 Å². The minimum absolute atomic E-state index is 0.123. The zero-order valence-corrected chi connectivity index (χ0v) is 11.4. The van der Waals surface area contributed by atoms with Crippen molar-refractivity contribution in [2.24, 2.45) is 13.0 Å². The molecule has 0 unspecified atom stereocenters. The van der Waals surface area contributed by atoms with Crippen LogP contribution in [0, 0.1) is 5.92 Å². The molecule has 0 fully saturated rings. The molecule has 1 heterocycles. The molecule has 16 heavy (non-hydrogen) atoms. The molecule has 0 aliphatic rings. The highest BCUT2D eigenvalue weighted by Crippen LogP contribution is 2.21. The summed E-state index contributed by atoms with van der Waals surface area (Å²) >= 11 is 3.49. The Morgan fingerprint density at radius 3 is 2.69 bits per heavy atom. The molecule has 0 aliphatic carbocycles. The Labute approximate surface area is 104 Å². The Bertz CT molecular complexity index is 386. The van der Waals surface area contributed by atoms with E-state index in [1.165, 1.54) is 0 Å². The van der Waals surface area contributed by atoms with Gasteiger partial charge in [0.1, 0.15) is 10.4 Å². The Morgan fingerprint density at radius 2 is 2.19 bits per heavy atom. The Morgan fingerprint density at radius 1 is 1.56 bits per heavy atom. The third-order valence-corrected chi connectivity index (χ3v) is 3.34. The largest absolute Gasteiger partial charge is 0.481 e. The second-order valence-electron chi connectivity index (χ2n) is 4.32. The van der Waals surface area contributed by atoms with Crippen LogP contribution >= 0.6 is 15.9 Å². The van der Waals surface area contributed by atoms with Gasteiger partial charge in [-0.3, -0.25) is 4.79 Å². The summed E-state index contributed by atoms with van der Waals surface area (Å²) in [7, 11) is 1.90. The summed E-state index contributed by atoms with van der Waals surface area (Å²) in [5, 5.41) is 8.64. The van der Waals surface area contributed by atoms with Crippen LogP contribution in [0.25, 0.3) is 0 Å². The lowest BCUT2D eigenvalue weighted by Gasteiger charge is -2.01. The summed E-state index contributed by atoms with van der Waals surface area (Å²) < 4.78 is 2.88. The first-order chi connectivity index (χ1) is 7.41. The van der Waals surface area contributed by atoms with E-state index < -0.39 is 5.97 Å². The van der Waals surface area contributed by atoms with E-state index in [1.54, 1.807) is 0 Å². The summed E-state index contributed by atoms with van der Waals surface area (Å²) in [5.41, 5.74) is 1.01. The number of carbonyl (C=O) groups is 1. The predicted octanol–water partition coefficient (Wildman–Crippen LogP) is 2.40. The van der Waals surface area contributed by atoms with Crippen molar-refractivity contribution in [2.45, 2.75) is 33.1 Å². The molecule has 4 nitrogen and oxygen atoms in total. The molecular formula is C11H17BrN2O2. The van der Waals surface area contributed by atoms with Crippen LogP contribution in [-0.4, -0.2) is 20.6 Å². The molecular weight excluding hydrogens is 272 g/mol. The molecule has 0 radical (unpaired) electrons. The molecule has 1 rings (SSSR count). The molecule has 0 atom stereocenters. The van der Waals surface area contributed by atoms with Gasteiger partial charge < -0.3 is 9.67 Å². The average Bonchev–Trinajstić information content (AvgIpc) is 2.42. The van der Waals surface area contributed by atoms with E-state index in [1.807, 2.05) is 11.6 Å². The van der Waals surface area contributed by atoms with Crippen LogP contribution < -0.4 is 0 Å². The number of rotatable bonds is 5. The first-order valence-corrected chi connectivity index (χ1v) is 6.12. The van der Waals surface area contributed by atoms with Crippen molar-refractivity contribution in [3.63, 3.8) is 0 Å². The van der Waals surface area contributed by atoms with Crippen molar-refractivity contribution in [1.82, 2.24) is 9.55 Å². The molecule has 90 valence electrons. The topological polar surface area (TPSA) is 55.1 Å². The van der Waals surface area contributed by atoms with E-state index in [9.17, 15) is 4.79 Å². The van der Waals surface area contributed by atoms with Gasteiger partial charge in [0.05, 0.1) is 12.1 Å². The summed E-state index contributed by atoms with van der Waals surface area (Å²) in [6.45, 7) is 4.27. The molecule has 1 aromatic rings. The van der Waals surface area contributed by atoms with E-state index in [2.05, 4.69) is 34.8 Å². The number of carboxylic acids is 1. The van der Waals surface area contributed by atoms with Gasteiger partial charge in [-0.1, -0.05) is 13.8 Å². The molecule has 0 saturated heterocycles. The molecule has 1 aromatic heterocycles. The SMILES string of the molecule is CC(C)Cc1nc(CCC(=O)O)n(C)c1Br. The van der Waals surface area contributed by atoms with E-state index in [-0.39, 0.29) is 6.42 Å². The maximum atomic E-state index is 10.5. The number of nitrogens with zero attached hydrogens (tertiary/aromatic N) is 2. The number of hydrogen-bond donors (Lipinski definition) is 1. The van der Waals surface area contributed by atoms with E-state index in [0.717, 1.165) is 22.5 Å². The highest BCUT2D eigenvalue weighted by atomic mass is 79.9. The summed E-state index contributed by atoms with van der Waals surface area (Å²) in [5.74, 6) is 0.577. The maximum absolute atomic E-state index is 10.5. The second-order valence-corrected chi connectivity index (χ2v) is 5.07. The molecule has 0 saturated carbocycles. The van der Waals surface area contributed by atoms with E-state index >= 15 is 0 Å². The lowest BCUT2D eigenvalue weighted by molar-refractivity contribution is -0.137. The number of imidazole rings is 1. The zero-order chi connectivity index (χ0) is 12.3. The highest BCUT2D eigenvalue weighted by molar-refractivity contribution is 9.10. The number of aryl methyl sites for hydroxylation is 1. The quantitative estimate of drug-likeness (QED) is 0.905. The fourth-order valence-electron chi connectivity index (χ4n) is 1.54. The van der Waals surface area contributed by atoms with Gasteiger partial charge in [-0.15, -0.1) is 0 Å². The summed E-state index contributed by atoms with van der Waals surface area (Å²) in [6.07, 6.45) is 1.50. The van der Waals surface area contributed by atoms with Gasteiger partial charge in [0.2, 0.25) is 0 Å². The third-order valence-electron chi connectivity index (χ3n) is 2.35. The van der Waals surface area contributed by atoms with Gasteiger partial charge in [-0.05, 0) is 28.3 Å². The number of halogens is 1. The van der Waals surface area contributed by atoms with Gasteiger partial charge in [-0.2, -0.15) is 0 Å². The fourth-order valence-corrected chi connectivity index (χ4v) is 2.00. The molecule has 0 aliphatic heterocycles. The highest BCUT2D eigenvalue weighted by Gasteiger charge is 2.14. The molecule has 5 heteroatoms. The van der Waals surface area contributed by atoms with Crippen molar-refractivity contribution in [1.29, 1.82) is 0 Å². The average molecular weight is 289 g/mol. The van der Waals surface area contributed by atoms with Crippen LogP contribution in [0.5, 0.6) is 0 Å². The van der Waals surface area contributed by atoms with Crippen molar-refractivity contribution in [3.8, 4) is 0 Å². The maximum Gasteiger partial charge on any atom is 0.303 e. The molecule has 0 amide bonds. The normalized spacial score (nSPS) is 11.1. The minimum Gasteiger partial charge on any atom is -0.481 e. The Balaban J connectivity index is 2.82. The lowest BCUT2D eigenvalue weighted by atomic mass is 10.1. The monoisotopic (exact) mass is 288 g/mol. The third kappa shape index (κ3) is 3.33. The van der Waals surface area contributed by atoms with Gasteiger partial charge in [0.15, 0.2) is 0 Å². The number of carboxylic acid groups (broad SMARTS) is 1. The fraction of sp³-hybridized carbons (Fsp3) is 0.636. The van der Waals surface area contributed by atoms with Crippen molar-refractivity contribution >= 4 is 21.9 Å². The Hall–Kier alpha value is -0.840. The van der Waals surface area contributed by atoms with Crippen molar-refractivity contribution < 1.29 is 9.90 Å². The first kappa shape index (κ1) is 13.2. The molecule has 1 N–H and O–H groups in total. The summed E-state index contributed by atoms with van der Waals surface area (Å²) in [6, 6.07) is 0. The number of aromatic nitrogens is 2. The molecule has 0 spiro atoms. The van der Waals surface area contributed by atoms with Crippen LogP contribution in [0.2, 0.25) is 0 Å². The van der Waals surface area contributed by atoms with E-state index in [0.29, 0.717) is 12.3 Å². The van der Waals surface area contributed by atoms with Crippen molar-refractivity contribution in [2.75, 3.05) is 0 Å². The number of aliphatic carboxylic acids is 1. The standard InChI is InChI=1S/C11H17BrN2O2/c1-7(2)6-8-11(12)14(3)9(13-8)4-5-10(15)16/h7H,4-6H2,1-3H3,(H,15,16). The van der Waals surface area contributed by atoms with E-state index in [4.69, 9.17) is 5.11 Å². The van der Waals surface area contributed by atoms with Crippen LogP contribution in [0.4, 0.5) is 0 Å². The summed E-state index contributed by atoms with van der Waals surface area (Å²) in [4.78, 5) is 15.0. The minimum atomic E-state index is -0.787. The van der Waals surface area contributed by atoms with Crippen LogP contribution in [0.1, 0.15) is 31.8 Å². The van der Waals surface area contributed by atoms with Gasteiger partial charge >= 0.3 is 5.97 Å². The Kier molecular flexibility index (Phi) is 4.53. The zero-order valence-electron chi connectivity index (χ0n) is 9.83.